The first-order valence-corrected chi connectivity index (χ1v) is 12.1. The molecule has 1 aromatic heterocycles. The van der Waals surface area contributed by atoms with Crippen molar-refractivity contribution in [3.8, 4) is 0 Å². The number of carbonyl (C=O) groups is 1. The van der Waals surface area contributed by atoms with Crippen LogP contribution < -0.4 is 15.5 Å². The Labute approximate surface area is 186 Å². The fourth-order valence-corrected chi connectivity index (χ4v) is 5.46. The third-order valence-corrected chi connectivity index (χ3v) is 7.10. The number of fused-ring (bicyclic) bond motifs is 1. The van der Waals surface area contributed by atoms with E-state index in [0.717, 1.165) is 54.6 Å². The molecule has 0 aliphatic carbocycles. The molecule has 2 aromatic carbocycles. The van der Waals surface area contributed by atoms with Crippen LogP contribution in [-0.4, -0.2) is 52.6 Å². The predicted molar refractivity (Wildman–Crippen MR) is 128 cm³/mol. The molecule has 1 amide bonds. The molecule has 0 saturated carbocycles. The van der Waals surface area contributed by atoms with Gasteiger partial charge in [-0.05, 0) is 66.3 Å². The predicted octanol–water partition coefficient (Wildman–Crippen LogP) is 3.95. The van der Waals surface area contributed by atoms with E-state index in [-0.39, 0.29) is 11.9 Å². The summed E-state index contributed by atoms with van der Waals surface area (Å²) in [5, 5.41) is 8.98. The lowest BCUT2D eigenvalue weighted by Crippen LogP contribution is -2.43. The van der Waals surface area contributed by atoms with Gasteiger partial charge in [-0.3, -0.25) is 9.69 Å². The summed E-state index contributed by atoms with van der Waals surface area (Å²) in [5.41, 5.74) is 0.699. The molecule has 0 bridgehead atoms. The molecule has 2 saturated heterocycles. The van der Waals surface area contributed by atoms with E-state index in [1.807, 2.05) is 53.1 Å². The summed E-state index contributed by atoms with van der Waals surface area (Å²) in [6, 6.07) is 16.4. The number of hydrogen-bond donors (Lipinski definition) is 2. The summed E-state index contributed by atoms with van der Waals surface area (Å²) in [6.45, 7) is 1.91. The van der Waals surface area contributed by atoms with Crippen LogP contribution in [0.25, 0.3) is 10.8 Å². The highest BCUT2D eigenvalue weighted by Gasteiger charge is 2.29. The molecule has 0 radical (unpaired) electrons. The number of amides is 1. The fourth-order valence-electron chi connectivity index (χ4n) is 4.38. The van der Waals surface area contributed by atoms with Gasteiger partial charge in [0.25, 0.3) is 5.91 Å². The van der Waals surface area contributed by atoms with Crippen LogP contribution in [0.4, 0.5) is 11.8 Å². The van der Waals surface area contributed by atoms with E-state index in [2.05, 4.69) is 27.8 Å². The number of anilines is 2. The van der Waals surface area contributed by atoms with Crippen LogP contribution in [-0.2, 0) is 0 Å². The van der Waals surface area contributed by atoms with Gasteiger partial charge >= 0.3 is 0 Å². The highest BCUT2D eigenvalue weighted by Crippen LogP contribution is 2.28. The quantitative estimate of drug-likeness (QED) is 0.635. The van der Waals surface area contributed by atoms with Crippen LogP contribution in [0.2, 0.25) is 0 Å². The molecule has 1 unspecified atom stereocenters. The van der Waals surface area contributed by atoms with Gasteiger partial charge in [-0.15, -0.1) is 0 Å². The van der Waals surface area contributed by atoms with E-state index >= 15 is 0 Å². The first kappa shape index (κ1) is 20.3. The van der Waals surface area contributed by atoms with Crippen LogP contribution in [0.15, 0.2) is 54.7 Å². The highest BCUT2D eigenvalue weighted by atomic mass is 32.2. The van der Waals surface area contributed by atoms with Crippen molar-refractivity contribution in [1.29, 1.82) is 0 Å². The van der Waals surface area contributed by atoms with Gasteiger partial charge in [-0.2, -0.15) is 16.7 Å². The summed E-state index contributed by atoms with van der Waals surface area (Å²) in [4.78, 5) is 24.9. The maximum absolute atomic E-state index is 13.8. The van der Waals surface area contributed by atoms with E-state index in [0.29, 0.717) is 23.4 Å². The summed E-state index contributed by atoms with van der Waals surface area (Å²) >= 11 is 1.96. The Hall–Kier alpha value is -2.64. The molecule has 1 atom stereocenters. The number of nitrogens with one attached hydrogen (secondary N) is 2. The average molecular weight is 434 g/mol. The van der Waals surface area contributed by atoms with Gasteiger partial charge in [-0.1, -0.05) is 30.3 Å². The van der Waals surface area contributed by atoms with Crippen LogP contribution >= 0.6 is 11.8 Å². The average Bonchev–Trinajstić information content (AvgIpc) is 3.33. The first-order chi connectivity index (χ1) is 15.3. The number of rotatable bonds is 5. The molecule has 0 spiro atoms. The van der Waals surface area contributed by atoms with Crippen molar-refractivity contribution in [2.45, 2.75) is 31.3 Å². The molecule has 3 aromatic rings. The third-order valence-electron chi connectivity index (χ3n) is 6.05. The second-order valence-corrected chi connectivity index (χ2v) is 9.38. The number of benzene rings is 2. The Balaban J connectivity index is 1.48. The summed E-state index contributed by atoms with van der Waals surface area (Å²) in [7, 11) is 0. The van der Waals surface area contributed by atoms with Crippen LogP contribution in [0, 0.1) is 0 Å². The molecule has 160 valence electrons. The van der Waals surface area contributed by atoms with Crippen molar-refractivity contribution in [1.82, 2.24) is 15.3 Å². The van der Waals surface area contributed by atoms with Gasteiger partial charge in [0.15, 0.2) is 0 Å². The SMILES string of the molecule is O=C(c1ccc2ccccc2c1)N(c1ccnc(NC2CCNC2)n1)C1CCSCC1. The molecule has 2 fully saturated rings. The lowest BCUT2D eigenvalue weighted by Gasteiger charge is -2.33. The van der Waals surface area contributed by atoms with Gasteiger partial charge in [0, 0.05) is 30.4 Å². The van der Waals surface area contributed by atoms with Crippen molar-refractivity contribution < 1.29 is 4.79 Å². The second-order valence-electron chi connectivity index (χ2n) is 8.15. The standard InChI is InChI=1S/C24H27N5OS/c30-23(19-6-5-17-3-1-2-4-18(17)15-19)29(21-9-13-31-14-10-21)22-8-12-26-24(28-22)27-20-7-11-25-16-20/h1-6,8,12,15,20-21,25H,7,9-11,13-14,16H2,(H,26,27,28). The zero-order valence-electron chi connectivity index (χ0n) is 17.5. The van der Waals surface area contributed by atoms with Gasteiger partial charge in [0.2, 0.25) is 5.95 Å². The fraction of sp³-hybridized carbons (Fsp3) is 0.375. The summed E-state index contributed by atoms with van der Waals surface area (Å²) < 4.78 is 0. The van der Waals surface area contributed by atoms with E-state index < -0.39 is 0 Å². The van der Waals surface area contributed by atoms with Crippen LogP contribution in [0.1, 0.15) is 29.6 Å². The summed E-state index contributed by atoms with van der Waals surface area (Å²) in [6.07, 6.45) is 4.76. The zero-order chi connectivity index (χ0) is 21.0. The van der Waals surface area contributed by atoms with Gasteiger partial charge in [0.1, 0.15) is 5.82 Å². The zero-order valence-corrected chi connectivity index (χ0v) is 18.3. The topological polar surface area (TPSA) is 70.2 Å². The number of nitrogens with zero attached hydrogens (tertiary/aromatic N) is 3. The van der Waals surface area contributed by atoms with E-state index in [1.54, 1.807) is 6.20 Å². The van der Waals surface area contributed by atoms with Crippen molar-refractivity contribution in [3.05, 3.63) is 60.3 Å². The maximum atomic E-state index is 13.8. The molecule has 7 heteroatoms. The first-order valence-electron chi connectivity index (χ1n) is 11.0. The Morgan fingerprint density at radius 1 is 1.06 bits per heavy atom. The van der Waals surface area contributed by atoms with Crippen molar-refractivity contribution >= 4 is 40.2 Å². The second kappa shape index (κ2) is 9.24. The lowest BCUT2D eigenvalue weighted by molar-refractivity contribution is 0.0974. The Bertz CT molecular complexity index is 1060. The lowest BCUT2D eigenvalue weighted by atomic mass is 10.0. The minimum Gasteiger partial charge on any atom is -0.350 e. The molecule has 3 heterocycles. The molecular formula is C24H27N5OS. The summed E-state index contributed by atoms with van der Waals surface area (Å²) in [5.74, 6) is 3.41. The van der Waals surface area contributed by atoms with Crippen LogP contribution in [0.3, 0.4) is 0 Å². The van der Waals surface area contributed by atoms with Gasteiger partial charge < -0.3 is 10.6 Å². The molecule has 6 nitrogen and oxygen atoms in total. The number of thioether (sulfide) groups is 1. The third kappa shape index (κ3) is 4.52. The minimum absolute atomic E-state index is 0.00911. The number of hydrogen-bond acceptors (Lipinski definition) is 6. The molecule has 2 aliphatic rings. The van der Waals surface area contributed by atoms with Gasteiger partial charge in [-0.25, -0.2) is 4.98 Å². The van der Waals surface area contributed by atoms with Crippen LogP contribution in [0.5, 0.6) is 0 Å². The van der Waals surface area contributed by atoms with E-state index in [4.69, 9.17) is 4.98 Å². The highest BCUT2D eigenvalue weighted by molar-refractivity contribution is 7.99. The monoisotopic (exact) mass is 433 g/mol. The minimum atomic E-state index is 0.00911. The smallest absolute Gasteiger partial charge is 0.259 e. The van der Waals surface area contributed by atoms with Crippen molar-refractivity contribution in [2.24, 2.45) is 0 Å². The number of carbonyl (C=O) groups excluding carboxylic acids is 1. The van der Waals surface area contributed by atoms with E-state index in [1.165, 1.54) is 0 Å². The Morgan fingerprint density at radius 2 is 1.90 bits per heavy atom. The normalized spacial score (nSPS) is 19.4. The Morgan fingerprint density at radius 3 is 2.71 bits per heavy atom. The van der Waals surface area contributed by atoms with Crippen molar-refractivity contribution in [3.63, 3.8) is 0 Å². The Kier molecular flexibility index (Phi) is 6.04. The molecule has 2 aliphatic heterocycles. The number of aromatic nitrogens is 2. The molecule has 2 N–H and O–H groups in total. The van der Waals surface area contributed by atoms with Crippen molar-refractivity contribution in [2.75, 3.05) is 34.8 Å². The molecule has 5 rings (SSSR count). The molecule has 31 heavy (non-hydrogen) atoms. The largest absolute Gasteiger partial charge is 0.350 e. The van der Waals surface area contributed by atoms with E-state index in [9.17, 15) is 4.79 Å². The maximum Gasteiger partial charge on any atom is 0.259 e. The van der Waals surface area contributed by atoms with Gasteiger partial charge in [0.05, 0.1) is 0 Å². The molecular weight excluding hydrogens is 406 g/mol.